The van der Waals surface area contributed by atoms with Crippen molar-refractivity contribution in [1.29, 1.82) is 0 Å². The Balaban J connectivity index is 2.24. The molecule has 2 atom stereocenters. The second-order valence-corrected chi connectivity index (χ2v) is 5.14. The van der Waals surface area contributed by atoms with E-state index in [1.54, 1.807) is 0 Å². The maximum atomic E-state index is 13.0. The predicted molar refractivity (Wildman–Crippen MR) is 70.5 cm³/mol. The molecular formula is C14H17FN2O3. The molecule has 0 bridgehead atoms. The molecule has 1 saturated heterocycles. The number of carbonyl (C=O) groups excluding carboxylic acids is 2. The largest absolute Gasteiger partial charge is 0.507 e. The summed E-state index contributed by atoms with van der Waals surface area (Å²) in [6.07, 6.45) is 1.32. The first-order valence-electron chi connectivity index (χ1n) is 6.49. The minimum atomic E-state index is -0.610. The summed E-state index contributed by atoms with van der Waals surface area (Å²) in [7, 11) is 0. The van der Waals surface area contributed by atoms with Crippen molar-refractivity contribution in [2.24, 2.45) is 11.7 Å². The van der Waals surface area contributed by atoms with E-state index >= 15 is 0 Å². The van der Waals surface area contributed by atoms with E-state index < -0.39 is 23.4 Å². The summed E-state index contributed by atoms with van der Waals surface area (Å²) in [4.78, 5) is 25.2. The van der Waals surface area contributed by atoms with E-state index in [2.05, 4.69) is 0 Å². The van der Waals surface area contributed by atoms with Gasteiger partial charge in [0.1, 0.15) is 11.6 Å². The van der Waals surface area contributed by atoms with E-state index in [4.69, 9.17) is 5.73 Å². The Morgan fingerprint density at radius 3 is 2.70 bits per heavy atom. The van der Waals surface area contributed by atoms with Gasteiger partial charge in [-0.15, -0.1) is 0 Å². The van der Waals surface area contributed by atoms with Crippen LogP contribution in [0, 0.1) is 11.7 Å². The van der Waals surface area contributed by atoms with Gasteiger partial charge in [-0.05, 0) is 31.9 Å². The van der Waals surface area contributed by atoms with Crippen molar-refractivity contribution in [3.05, 3.63) is 29.6 Å². The van der Waals surface area contributed by atoms with Crippen LogP contribution in [0.1, 0.15) is 30.1 Å². The second kappa shape index (κ2) is 5.48. The summed E-state index contributed by atoms with van der Waals surface area (Å²) in [6, 6.07) is 3.20. The Bertz CT molecular complexity index is 547. The van der Waals surface area contributed by atoms with Crippen LogP contribution in [-0.2, 0) is 4.79 Å². The summed E-state index contributed by atoms with van der Waals surface area (Å²) in [5.41, 5.74) is 5.32. The first kappa shape index (κ1) is 14.3. The maximum absolute atomic E-state index is 13.0. The SMILES string of the molecule is CC1CCC(C(N)=O)CN1C(=O)c1ccc(F)cc1O. The number of aromatic hydroxyl groups is 1. The van der Waals surface area contributed by atoms with Gasteiger partial charge in [0.15, 0.2) is 0 Å². The number of phenols is 1. The molecule has 0 radical (unpaired) electrons. The zero-order valence-electron chi connectivity index (χ0n) is 11.2. The number of phenolic OH excluding ortho intramolecular Hbond substituents is 1. The zero-order valence-corrected chi connectivity index (χ0v) is 11.2. The Kier molecular flexibility index (Phi) is 3.92. The third-order valence-electron chi connectivity index (χ3n) is 3.74. The molecule has 1 heterocycles. The molecule has 20 heavy (non-hydrogen) atoms. The Labute approximate surface area is 116 Å². The summed E-state index contributed by atoms with van der Waals surface area (Å²) in [5.74, 6) is -2.24. The number of amides is 2. The van der Waals surface area contributed by atoms with Gasteiger partial charge in [-0.1, -0.05) is 0 Å². The summed E-state index contributed by atoms with van der Waals surface area (Å²) < 4.78 is 13.0. The number of carbonyl (C=O) groups is 2. The van der Waals surface area contributed by atoms with Crippen LogP contribution in [0.15, 0.2) is 18.2 Å². The van der Waals surface area contributed by atoms with Crippen LogP contribution in [0.5, 0.6) is 5.75 Å². The van der Waals surface area contributed by atoms with E-state index in [-0.39, 0.29) is 24.1 Å². The molecular weight excluding hydrogens is 263 g/mol. The van der Waals surface area contributed by atoms with Gasteiger partial charge in [0.25, 0.3) is 5.91 Å². The highest BCUT2D eigenvalue weighted by Gasteiger charge is 2.32. The van der Waals surface area contributed by atoms with Crippen LogP contribution in [0.25, 0.3) is 0 Å². The van der Waals surface area contributed by atoms with Gasteiger partial charge in [0, 0.05) is 18.7 Å². The lowest BCUT2D eigenvalue weighted by Gasteiger charge is -2.37. The van der Waals surface area contributed by atoms with Gasteiger partial charge in [0.05, 0.1) is 11.5 Å². The van der Waals surface area contributed by atoms with Crippen molar-refractivity contribution in [2.45, 2.75) is 25.8 Å². The fourth-order valence-electron chi connectivity index (χ4n) is 2.46. The van der Waals surface area contributed by atoms with Crippen molar-refractivity contribution < 1.29 is 19.1 Å². The molecule has 0 saturated carbocycles. The number of nitrogens with zero attached hydrogens (tertiary/aromatic N) is 1. The number of piperidine rings is 1. The molecule has 1 aliphatic heterocycles. The molecule has 1 aromatic rings. The zero-order chi connectivity index (χ0) is 14.9. The lowest BCUT2D eigenvalue weighted by atomic mass is 9.92. The number of primary amides is 1. The molecule has 0 spiro atoms. The number of halogens is 1. The quantitative estimate of drug-likeness (QED) is 0.855. The molecule has 3 N–H and O–H groups in total. The van der Waals surface area contributed by atoms with Gasteiger partial charge in [-0.2, -0.15) is 0 Å². The third-order valence-corrected chi connectivity index (χ3v) is 3.74. The molecule has 6 heteroatoms. The van der Waals surface area contributed by atoms with Crippen LogP contribution in [0.2, 0.25) is 0 Å². The van der Waals surface area contributed by atoms with E-state index in [9.17, 15) is 19.1 Å². The van der Waals surface area contributed by atoms with Crippen LogP contribution in [0.3, 0.4) is 0 Å². The molecule has 2 amide bonds. The monoisotopic (exact) mass is 280 g/mol. The Morgan fingerprint density at radius 2 is 2.10 bits per heavy atom. The first-order valence-corrected chi connectivity index (χ1v) is 6.49. The lowest BCUT2D eigenvalue weighted by Crippen LogP contribution is -2.48. The van der Waals surface area contributed by atoms with Crippen molar-refractivity contribution in [3.8, 4) is 5.75 Å². The van der Waals surface area contributed by atoms with Crippen LogP contribution < -0.4 is 5.73 Å². The van der Waals surface area contributed by atoms with Gasteiger partial charge >= 0.3 is 0 Å². The van der Waals surface area contributed by atoms with Crippen molar-refractivity contribution in [1.82, 2.24) is 4.90 Å². The van der Waals surface area contributed by atoms with E-state index in [1.165, 1.54) is 11.0 Å². The van der Waals surface area contributed by atoms with Crippen LogP contribution in [0.4, 0.5) is 4.39 Å². The van der Waals surface area contributed by atoms with Crippen LogP contribution >= 0.6 is 0 Å². The Hall–Kier alpha value is -2.11. The van der Waals surface area contributed by atoms with Gasteiger partial charge in [-0.3, -0.25) is 9.59 Å². The number of benzene rings is 1. The third kappa shape index (κ3) is 2.74. The number of nitrogens with two attached hydrogens (primary N) is 1. The average molecular weight is 280 g/mol. The molecule has 0 aliphatic carbocycles. The Morgan fingerprint density at radius 1 is 1.40 bits per heavy atom. The van der Waals surface area contributed by atoms with E-state index in [1.807, 2.05) is 6.92 Å². The highest BCUT2D eigenvalue weighted by molar-refractivity contribution is 5.97. The standard InChI is InChI=1S/C14H17FN2O3/c1-8-2-3-9(13(16)19)7-17(8)14(20)11-5-4-10(15)6-12(11)18/h4-6,8-9,18H,2-3,7H2,1H3,(H2,16,19). The summed E-state index contributed by atoms with van der Waals surface area (Å²) >= 11 is 0. The normalized spacial score (nSPS) is 22.6. The molecule has 0 aromatic heterocycles. The molecule has 1 aromatic carbocycles. The van der Waals surface area contributed by atoms with Gasteiger partial charge < -0.3 is 15.7 Å². The van der Waals surface area contributed by atoms with Crippen molar-refractivity contribution in [2.75, 3.05) is 6.54 Å². The second-order valence-electron chi connectivity index (χ2n) is 5.14. The number of rotatable bonds is 2. The minimum absolute atomic E-state index is 0.0309. The summed E-state index contributed by atoms with van der Waals surface area (Å²) in [5, 5.41) is 9.67. The van der Waals surface area contributed by atoms with Crippen LogP contribution in [-0.4, -0.2) is 34.4 Å². The van der Waals surface area contributed by atoms with Crippen molar-refractivity contribution >= 4 is 11.8 Å². The smallest absolute Gasteiger partial charge is 0.257 e. The van der Waals surface area contributed by atoms with E-state index in [0.29, 0.717) is 12.8 Å². The fraction of sp³-hybridized carbons (Fsp3) is 0.429. The number of hydrogen-bond donors (Lipinski definition) is 2. The number of hydrogen-bond acceptors (Lipinski definition) is 3. The van der Waals surface area contributed by atoms with E-state index in [0.717, 1.165) is 12.1 Å². The topological polar surface area (TPSA) is 83.6 Å². The minimum Gasteiger partial charge on any atom is -0.507 e. The van der Waals surface area contributed by atoms with Gasteiger partial charge in [0.2, 0.25) is 5.91 Å². The average Bonchev–Trinajstić information content (AvgIpc) is 2.38. The molecule has 2 rings (SSSR count). The molecule has 5 nitrogen and oxygen atoms in total. The molecule has 2 unspecified atom stereocenters. The highest BCUT2D eigenvalue weighted by atomic mass is 19.1. The van der Waals surface area contributed by atoms with Crippen molar-refractivity contribution in [3.63, 3.8) is 0 Å². The first-order chi connectivity index (χ1) is 9.40. The fourth-order valence-corrected chi connectivity index (χ4v) is 2.46. The summed E-state index contributed by atoms with van der Waals surface area (Å²) in [6.45, 7) is 2.10. The molecule has 108 valence electrons. The van der Waals surface area contributed by atoms with Gasteiger partial charge in [-0.25, -0.2) is 4.39 Å². The predicted octanol–water partition coefficient (Wildman–Crippen LogP) is 1.26. The lowest BCUT2D eigenvalue weighted by molar-refractivity contribution is -0.123. The highest BCUT2D eigenvalue weighted by Crippen LogP contribution is 2.26. The maximum Gasteiger partial charge on any atom is 0.257 e. The molecule has 1 fully saturated rings. The molecule has 1 aliphatic rings. The number of likely N-dealkylation sites (tertiary alicyclic amines) is 1.